The van der Waals surface area contributed by atoms with Crippen LogP contribution in [0.5, 0.6) is 0 Å². The van der Waals surface area contributed by atoms with Crippen molar-refractivity contribution in [2.45, 2.75) is 13.0 Å². The molecule has 24 heavy (non-hydrogen) atoms. The predicted molar refractivity (Wildman–Crippen MR) is 84.2 cm³/mol. The Labute approximate surface area is 135 Å². The molecule has 7 nitrogen and oxygen atoms in total. The molecule has 0 saturated heterocycles. The van der Waals surface area contributed by atoms with Gasteiger partial charge in [0.2, 0.25) is 0 Å². The van der Waals surface area contributed by atoms with Gasteiger partial charge >= 0.3 is 6.09 Å². The molecule has 2 aromatic heterocycles. The third-order valence-corrected chi connectivity index (χ3v) is 3.42. The first-order chi connectivity index (χ1) is 11.5. The van der Waals surface area contributed by atoms with E-state index in [1.165, 1.54) is 29.8 Å². The van der Waals surface area contributed by atoms with Crippen LogP contribution in [-0.2, 0) is 4.74 Å². The Hall–Kier alpha value is -3.29. The second-order valence-electron chi connectivity index (χ2n) is 5.06. The van der Waals surface area contributed by atoms with Crippen molar-refractivity contribution in [1.29, 1.82) is 0 Å². The highest BCUT2D eigenvalue weighted by atomic mass is 19.1. The fourth-order valence-corrected chi connectivity index (χ4v) is 2.41. The number of benzene rings is 1. The highest BCUT2D eigenvalue weighted by molar-refractivity contribution is 5.78. The zero-order chi connectivity index (χ0) is 17.3. The van der Waals surface area contributed by atoms with E-state index in [4.69, 9.17) is 10.5 Å². The summed E-state index contributed by atoms with van der Waals surface area (Å²) >= 11 is 0. The number of fused-ring (bicyclic) bond motifs is 1. The third kappa shape index (κ3) is 2.81. The summed E-state index contributed by atoms with van der Waals surface area (Å²) < 4.78 is 19.7. The van der Waals surface area contributed by atoms with E-state index in [9.17, 15) is 14.0 Å². The molecule has 0 saturated carbocycles. The quantitative estimate of drug-likeness (QED) is 0.793. The number of nitrogens with two attached hydrogens (primary N) is 1. The molecule has 0 radical (unpaired) electrons. The molecule has 0 aliphatic carbocycles. The minimum absolute atomic E-state index is 0.105. The summed E-state index contributed by atoms with van der Waals surface area (Å²) in [5, 5.41) is 0.105. The molecular formula is C16H13FN4O3. The molecule has 2 N–H and O–H groups in total. The molecule has 0 fully saturated rings. The number of carbonyl (C=O) groups excluding carboxylic acids is 1. The van der Waals surface area contributed by atoms with Crippen LogP contribution in [0.2, 0.25) is 0 Å². The topological polar surface area (TPSA) is 100 Å². The van der Waals surface area contributed by atoms with Gasteiger partial charge < -0.3 is 10.5 Å². The average molecular weight is 328 g/mol. The second-order valence-corrected chi connectivity index (χ2v) is 5.06. The standard InChI is InChI=1S/C16H13FN4O3/c1-9(24-16(18)23)14-20-13-5-4-10(17)7-12(13)15(22)21(14)11-3-2-6-19-8-11/h2-9H,1H3,(H2,18,23). The third-order valence-electron chi connectivity index (χ3n) is 3.42. The number of hydrogen-bond acceptors (Lipinski definition) is 5. The fraction of sp³-hybridized carbons (Fsp3) is 0.125. The van der Waals surface area contributed by atoms with Crippen molar-refractivity contribution in [3.05, 3.63) is 64.7 Å². The van der Waals surface area contributed by atoms with Gasteiger partial charge in [0.15, 0.2) is 11.9 Å². The summed E-state index contributed by atoms with van der Waals surface area (Å²) in [6, 6.07) is 6.98. The number of pyridine rings is 1. The summed E-state index contributed by atoms with van der Waals surface area (Å²) in [6.45, 7) is 1.54. The van der Waals surface area contributed by atoms with E-state index in [0.717, 1.165) is 6.07 Å². The zero-order valence-electron chi connectivity index (χ0n) is 12.6. The number of rotatable bonds is 3. The Morgan fingerprint density at radius 2 is 2.17 bits per heavy atom. The summed E-state index contributed by atoms with van der Waals surface area (Å²) in [6.07, 6.45) is 1.12. The molecule has 0 bridgehead atoms. The van der Waals surface area contributed by atoms with Crippen LogP contribution < -0.4 is 11.3 Å². The molecule has 8 heteroatoms. The van der Waals surface area contributed by atoms with Gasteiger partial charge in [0.05, 0.1) is 22.8 Å². The van der Waals surface area contributed by atoms with Crippen LogP contribution in [0, 0.1) is 5.82 Å². The maximum atomic E-state index is 13.5. The lowest BCUT2D eigenvalue weighted by Gasteiger charge is -2.17. The normalized spacial score (nSPS) is 12.1. The first kappa shape index (κ1) is 15.6. The van der Waals surface area contributed by atoms with Gasteiger partial charge in [-0.3, -0.25) is 14.3 Å². The molecule has 1 atom stereocenters. The van der Waals surface area contributed by atoms with Gasteiger partial charge in [-0.2, -0.15) is 0 Å². The predicted octanol–water partition coefficient (Wildman–Crippen LogP) is 2.08. The van der Waals surface area contributed by atoms with Crippen LogP contribution >= 0.6 is 0 Å². The number of amides is 1. The van der Waals surface area contributed by atoms with Crippen LogP contribution in [0.3, 0.4) is 0 Å². The SMILES string of the molecule is CC(OC(N)=O)c1nc2ccc(F)cc2c(=O)n1-c1cccnc1. The van der Waals surface area contributed by atoms with Crippen molar-refractivity contribution < 1.29 is 13.9 Å². The Bertz CT molecular complexity index is 972. The largest absolute Gasteiger partial charge is 0.439 e. The molecular weight excluding hydrogens is 315 g/mol. The van der Waals surface area contributed by atoms with Gasteiger partial charge in [-0.05, 0) is 37.3 Å². The van der Waals surface area contributed by atoms with E-state index >= 15 is 0 Å². The van der Waals surface area contributed by atoms with E-state index in [-0.39, 0.29) is 16.7 Å². The lowest BCUT2D eigenvalue weighted by atomic mass is 10.2. The van der Waals surface area contributed by atoms with Gasteiger partial charge in [0.1, 0.15) is 5.82 Å². The van der Waals surface area contributed by atoms with Crippen LogP contribution in [0.1, 0.15) is 18.9 Å². The first-order valence-corrected chi connectivity index (χ1v) is 7.06. The van der Waals surface area contributed by atoms with Crippen molar-refractivity contribution >= 4 is 17.0 Å². The van der Waals surface area contributed by atoms with E-state index in [1.54, 1.807) is 18.3 Å². The average Bonchev–Trinajstić information content (AvgIpc) is 2.55. The first-order valence-electron chi connectivity index (χ1n) is 7.06. The molecule has 122 valence electrons. The Morgan fingerprint density at radius 3 is 2.83 bits per heavy atom. The van der Waals surface area contributed by atoms with E-state index in [0.29, 0.717) is 5.69 Å². The summed E-state index contributed by atoms with van der Waals surface area (Å²) in [5.74, 6) is -0.390. The fourth-order valence-electron chi connectivity index (χ4n) is 2.41. The van der Waals surface area contributed by atoms with Crippen LogP contribution in [0.15, 0.2) is 47.5 Å². The number of aromatic nitrogens is 3. The maximum Gasteiger partial charge on any atom is 0.405 e. The van der Waals surface area contributed by atoms with Crippen LogP contribution in [0.4, 0.5) is 9.18 Å². The molecule has 3 rings (SSSR count). The number of halogens is 1. The van der Waals surface area contributed by atoms with E-state index in [1.807, 2.05) is 0 Å². The van der Waals surface area contributed by atoms with Crippen LogP contribution in [-0.4, -0.2) is 20.6 Å². The summed E-state index contributed by atoms with van der Waals surface area (Å²) in [4.78, 5) is 32.2. The minimum Gasteiger partial charge on any atom is -0.439 e. The monoisotopic (exact) mass is 328 g/mol. The number of hydrogen-bond donors (Lipinski definition) is 1. The molecule has 1 amide bonds. The molecule has 0 aliphatic rings. The molecule has 1 aromatic carbocycles. The number of nitrogens with zero attached hydrogens (tertiary/aromatic N) is 3. The number of ether oxygens (including phenoxy) is 1. The van der Waals surface area contributed by atoms with Crippen molar-refractivity contribution in [3.63, 3.8) is 0 Å². The van der Waals surface area contributed by atoms with E-state index < -0.39 is 23.6 Å². The van der Waals surface area contributed by atoms with E-state index in [2.05, 4.69) is 9.97 Å². The van der Waals surface area contributed by atoms with Crippen molar-refractivity contribution in [1.82, 2.24) is 14.5 Å². The maximum absolute atomic E-state index is 13.5. The van der Waals surface area contributed by atoms with Gasteiger partial charge in [-0.15, -0.1) is 0 Å². The second kappa shape index (κ2) is 6.07. The molecule has 3 aromatic rings. The lowest BCUT2D eigenvalue weighted by molar-refractivity contribution is 0.110. The van der Waals surface area contributed by atoms with Gasteiger partial charge in [-0.25, -0.2) is 14.2 Å². The molecule has 1 unspecified atom stereocenters. The molecule has 2 heterocycles. The number of primary amides is 1. The van der Waals surface area contributed by atoms with Crippen LogP contribution in [0.25, 0.3) is 16.6 Å². The number of carbonyl (C=O) groups is 1. The van der Waals surface area contributed by atoms with Crippen molar-refractivity contribution in [2.24, 2.45) is 5.73 Å². The Balaban J connectivity index is 2.34. The summed E-state index contributed by atoms with van der Waals surface area (Å²) in [7, 11) is 0. The Kier molecular flexibility index (Phi) is 3.95. The Morgan fingerprint density at radius 1 is 1.38 bits per heavy atom. The van der Waals surface area contributed by atoms with Gasteiger partial charge in [-0.1, -0.05) is 0 Å². The minimum atomic E-state index is -0.992. The van der Waals surface area contributed by atoms with Gasteiger partial charge in [0, 0.05) is 6.20 Å². The lowest BCUT2D eigenvalue weighted by Crippen LogP contribution is -2.27. The van der Waals surface area contributed by atoms with Gasteiger partial charge in [0.25, 0.3) is 5.56 Å². The smallest absolute Gasteiger partial charge is 0.405 e. The highest BCUT2D eigenvalue weighted by Gasteiger charge is 2.20. The molecule has 0 spiro atoms. The highest BCUT2D eigenvalue weighted by Crippen LogP contribution is 2.20. The van der Waals surface area contributed by atoms with Crippen molar-refractivity contribution in [2.75, 3.05) is 0 Å². The summed E-state index contributed by atoms with van der Waals surface area (Å²) in [5.41, 5.74) is 5.26. The van der Waals surface area contributed by atoms with Crippen molar-refractivity contribution in [3.8, 4) is 5.69 Å². The zero-order valence-corrected chi connectivity index (χ0v) is 12.6. The molecule has 0 aliphatic heterocycles.